The Hall–Kier alpha value is -3.55. The van der Waals surface area contributed by atoms with Crippen LogP contribution < -0.4 is 0 Å². The summed E-state index contributed by atoms with van der Waals surface area (Å²) in [6, 6.07) is 7.82. The zero-order valence-electron chi connectivity index (χ0n) is 18.6. The lowest BCUT2D eigenvalue weighted by atomic mass is 10.0. The van der Waals surface area contributed by atoms with E-state index in [0.29, 0.717) is 29.8 Å². The minimum Gasteiger partial charge on any atom is -0.483 e. The van der Waals surface area contributed by atoms with E-state index < -0.39 is 23.5 Å². The molecule has 3 aromatic rings. The minimum absolute atomic E-state index is 0.0698. The van der Waals surface area contributed by atoms with Crippen LogP contribution in [0.3, 0.4) is 0 Å². The second-order valence-corrected chi connectivity index (χ2v) is 8.13. The molecule has 1 amide bonds. The average molecular weight is 455 g/mol. The molecule has 1 aromatic heterocycles. The molecule has 172 valence electrons. The van der Waals surface area contributed by atoms with Crippen LogP contribution in [0.15, 0.2) is 54.7 Å². The first kappa shape index (κ1) is 22.6. The fourth-order valence-corrected chi connectivity index (χ4v) is 4.05. The summed E-state index contributed by atoms with van der Waals surface area (Å²) in [7, 11) is 0. The van der Waals surface area contributed by atoms with Gasteiger partial charge in [0, 0.05) is 6.20 Å². The van der Waals surface area contributed by atoms with E-state index in [9.17, 15) is 18.0 Å². The number of hydrogen-bond donors (Lipinski definition) is 0. The molecule has 8 heteroatoms. The number of rotatable bonds is 5. The predicted molar refractivity (Wildman–Crippen MR) is 118 cm³/mol. The quantitative estimate of drug-likeness (QED) is 0.488. The molecule has 1 aliphatic rings. The van der Waals surface area contributed by atoms with Crippen molar-refractivity contribution < 1.29 is 22.7 Å². The molecule has 5 nitrogen and oxygen atoms in total. The van der Waals surface area contributed by atoms with E-state index in [1.54, 1.807) is 27.8 Å². The van der Waals surface area contributed by atoms with Gasteiger partial charge in [-0.25, -0.2) is 18.2 Å². The van der Waals surface area contributed by atoms with E-state index >= 15 is 0 Å². The number of ether oxygens (including phenoxy) is 1. The van der Waals surface area contributed by atoms with E-state index in [0.717, 1.165) is 17.8 Å². The van der Waals surface area contributed by atoms with Gasteiger partial charge in [-0.15, -0.1) is 0 Å². The molecule has 1 fully saturated rings. The summed E-state index contributed by atoms with van der Waals surface area (Å²) in [5.74, 6) is -2.69. The lowest BCUT2D eigenvalue weighted by molar-refractivity contribution is -0.142. The van der Waals surface area contributed by atoms with Gasteiger partial charge in [0.05, 0.1) is 30.3 Å². The highest BCUT2D eigenvalue weighted by molar-refractivity contribution is 5.96. The monoisotopic (exact) mass is 455 g/mol. The number of nitrogens with zero attached hydrogens (tertiary/aromatic N) is 3. The second-order valence-electron chi connectivity index (χ2n) is 8.13. The topological polar surface area (TPSA) is 47.4 Å². The fourth-order valence-electron chi connectivity index (χ4n) is 4.05. The standard InChI is InChI=1S/C25H24F3N3O2/c1-4-22(18-6-7-19(26)20(27)11-18)31-13-16(3)33-24(25(31)32)10-17-5-8-23(21(28)9-17)30-12-15(2)29-14-30/h5-12,14,16,22H,4,13H2,1-3H3/b24-10-/t16-,22?/m0/s1. The maximum Gasteiger partial charge on any atom is 0.289 e. The summed E-state index contributed by atoms with van der Waals surface area (Å²) in [5, 5.41) is 0. The van der Waals surface area contributed by atoms with Crippen LogP contribution in [0.2, 0.25) is 0 Å². The van der Waals surface area contributed by atoms with Gasteiger partial charge >= 0.3 is 0 Å². The SMILES string of the molecule is CCC(c1ccc(F)c(F)c1)N1C[C@H](C)O/C(=C\c2ccc(-n3cnc(C)c3)c(F)c2)C1=O. The van der Waals surface area contributed by atoms with E-state index in [4.69, 9.17) is 4.74 Å². The Kier molecular flexibility index (Phi) is 6.26. The van der Waals surface area contributed by atoms with Crippen molar-refractivity contribution in [2.24, 2.45) is 0 Å². The van der Waals surface area contributed by atoms with Crippen LogP contribution in [0, 0.1) is 24.4 Å². The van der Waals surface area contributed by atoms with Gasteiger partial charge in [0.25, 0.3) is 5.91 Å². The van der Waals surface area contributed by atoms with Crippen LogP contribution in [-0.4, -0.2) is 33.0 Å². The molecule has 4 rings (SSSR count). The predicted octanol–water partition coefficient (Wildman–Crippen LogP) is 5.34. The molecular formula is C25H24F3N3O2. The van der Waals surface area contributed by atoms with Crippen LogP contribution in [0.5, 0.6) is 0 Å². The summed E-state index contributed by atoms with van der Waals surface area (Å²) < 4.78 is 49.3. The maximum atomic E-state index is 14.7. The number of aromatic nitrogens is 2. The van der Waals surface area contributed by atoms with Gasteiger partial charge in [-0.05, 0) is 61.7 Å². The molecule has 0 spiro atoms. The highest BCUT2D eigenvalue weighted by atomic mass is 19.2. The summed E-state index contributed by atoms with van der Waals surface area (Å²) in [4.78, 5) is 18.9. The Labute approximate surface area is 190 Å². The van der Waals surface area contributed by atoms with Gasteiger partial charge in [-0.1, -0.05) is 19.1 Å². The first-order chi connectivity index (χ1) is 15.8. The number of carbonyl (C=O) groups is 1. The van der Waals surface area contributed by atoms with Crippen molar-refractivity contribution in [3.8, 4) is 5.69 Å². The molecule has 1 saturated heterocycles. The molecule has 0 N–H and O–H groups in total. The zero-order valence-corrected chi connectivity index (χ0v) is 18.6. The van der Waals surface area contributed by atoms with Crippen molar-refractivity contribution >= 4 is 12.0 Å². The Morgan fingerprint density at radius 2 is 1.94 bits per heavy atom. The number of halogens is 3. The van der Waals surface area contributed by atoms with Crippen molar-refractivity contribution in [2.45, 2.75) is 39.3 Å². The van der Waals surface area contributed by atoms with Gasteiger partial charge in [0.2, 0.25) is 0 Å². The maximum absolute atomic E-state index is 14.7. The van der Waals surface area contributed by atoms with Crippen LogP contribution in [0.25, 0.3) is 11.8 Å². The Balaban J connectivity index is 1.63. The highest BCUT2D eigenvalue weighted by Crippen LogP contribution is 2.31. The summed E-state index contributed by atoms with van der Waals surface area (Å²) in [6.07, 6.45) is 4.92. The van der Waals surface area contributed by atoms with Gasteiger partial charge in [0.15, 0.2) is 17.4 Å². The van der Waals surface area contributed by atoms with Crippen molar-refractivity contribution in [3.05, 3.63) is 89.0 Å². The van der Waals surface area contributed by atoms with Crippen LogP contribution in [-0.2, 0) is 9.53 Å². The number of aryl methyl sites for hydroxylation is 1. The third kappa shape index (κ3) is 4.65. The molecule has 0 saturated carbocycles. The van der Waals surface area contributed by atoms with E-state index in [1.807, 2.05) is 20.8 Å². The summed E-state index contributed by atoms with van der Waals surface area (Å²) >= 11 is 0. The Bertz CT molecular complexity index is 1220. The van der Waals surface area contributed by atoms with Crippen LogP contribution in [0.1, 0.15) is 43.1 Å². The first-order valence-corrected chi connectivity index (χ1v) is 10.7. The van der Waals surface area contributed by atoms with E-state index in [2.05, 4.69) is 4.98 Å². The number of carbonyl (C=O) groups excluding carboxylic acids is 1. The minimum atomic E-state index is -0.959. The normalized spacial score (nSPS) is 18.5. The molecule has 2 atom stereocenters. The number of amides is 1. The number of benzene rings is 2. The third-order valence-electron chi connectivity index (χ3n) is 5.60. The van der Waals surface area contributed by atoms with Crippen molar-refractivity contribution in [1.82, 2.24) is 14.5 Å². The van der Waals surface area contributed by atoms with Gasteiger partial charge < -0.3 is 14.2 Å². The zero-order chi connectivity index (χ0) is 23.7. The average Bonchev–Trinajstić information content (AvgIpc) is 3.20. The molecule has 2 aromatic carbocycles. The molecule has 33 heavy (non-hydrogen) atoms. The third-order valence-corrected chi connectivity index (χ3v) is 5.60. The van der Waals surface area contributed by atoms with E-state index in [-0.39, 0.29) is 17.8 Å². The van der Waals surface area contributed by atoms with Crippen molar-refractivity contribution in [3.63, 3.8) is 0 Å². The number of imidazole rings is 1. The molecule has 1 unspecified atom stereocenters. The van der Waals surface area contributed by atoms with Crippen LogP contribution >= 0.6 is 0 Å². The summed E-state index contributed by atoms with van der Waals surface area (Å²) in [5.41, 5.74) is 2.07. The number of morpholine rings is 1. The second kappa shape index (κ2) is 9.13. The smallest absolute Gasteiger partial charge is 0.289 e. The van der Waals surface area contributed by atoms with E-state index in [1.165, 1.54) is 24.5 Å². The Morgan fingerprint density at radius 3 is 2.58 bits per heavy atom. The molecule has 0 bridgehead atoms. The van der Waals surface area contributed by atoms with Crippen molar-refractivity contribution in [1.29, 1.82) is 0 Å². The van der Waals surface area contributed by atoms with Crippen molar-refractivity contribution in [2.75, 3.05) is 6.54 Å². The molecule has 1 aliphatic heterocycles. The van der Waals surface area contributed by atoms with Gasteiger partial charge in [0.1, 0.15) is 11.9 Å². The first-order valence-electron chi connectivity index (χ1n) is 10.7. The molecular weight excluding hydrogens is 431 g/mol. The van der Waals surface area contributed by atoms with Gasteiger partial charge in [-0.3, -0.25) is 4.79 Å². The highest BCUT2D eigenvalue weighted by Gasteiger charge is 2.34. The fraction of sp³-hybridized carbons (Fsp3) is 0.280. The lowest BCUT2D eigenvalue weighted by Crippen LogP contribution is -2.46. The lowest BCUT2D eigenvalue weighted by Gasteiger charge is -2.38. The molecule has 2 heterocycles. The van der Waals surface area contributed by atoms with Gasteiger partial charge in [-0.2, -0.15) is 0 Å². The molecule has 0 aliphatic carbocycles. The Morgan fingerprint density at radius 1 is 1.15 bits per heavy atom. The largest absolute Gasteiger partial charge is 0.483 e. The van der Waals surface area contributed by atoms with Crippen LogP contribution in [0.4, 0.5) is 13.2 Å². The molecule has 0 radical (unpaired) electrons. The number of hydrogen-bond acceptors (Lipinski definition) is 3. The summed E-state index contributed by atoms with van der Waals surface area (Å²) in [6.45, 7) is 5.79.